The lowest BCUT2D eigenvalue weighted by Crippen LogP contribution is -1.96. The van der Waals surface area contributed by atoms with Gasteiger partial charge in [-0.1, -0.05) is 133 Å². The van der Waals surface area contributed by atoms with E-state index in [0.29, 0.717) is 5.82 Å². The fourth-order valence-corrected chi connectivity index (χ4v) is 7.04. The number of nitrogens with zero attached hydrogens (tertiary/aromatic N) is 2. The molecule has 0 saturated carbocycles. The highest BCUT2D eigenvalue weighted by Gasteiger charge is 2.24. The molecular formula is C46H28N2O2. The van der Waals surface area contributed by atoms with E-state index in [-0.39, 0.29) is 0 Å². The Morgan fingerprint density at radius 2 is 0.760 bits per heavy atom. The number of hydrogen-bond acceptors (Lipinski definition) is 4. The number of rotatable bonds is 5. The zero-order valence-corrected chi connectivity index (χ0v) is 26.9. The third kappa shape index (κ3) is 4.69. The largest absolute Gasteiger partial charge is 0.455 e. The lowest BCUT2D eigenvalue weighted by atomic mass is 9.97. The van der Waals surface area contributed by atoms with Crippen LogP contribution in [0, 0.1) is 0 Å². The van der Waals surface area contributed by atoms with Gasteiger partial charge in [-0.3, -0.25) is 0 Å². The molecule has 0 saturated heterocycles. The van der Waals surface area contributed by atoms with Crippen LogP contribution in [-0.2, 0) is 0 Å². The third-order valence-electron chi connectivity index (χ3n) is 9.49. The Bertz CT molecular complexity index is 2650. The van der Waals surface area contributed by atoms with Crippen LogP contribution in [0.4, 0.5) is 0 Å². The van der Waals surface area contributed by atoms with Crippen molar-refractivity contribution in [3.05, 3.63) is 170 Å². The van der Waals surface area contributed by atoms with Crippen molar-refractivity contribution in [2.45, 2.75) is 0 Å². The molecule has 4 heteroatoms. The molecule has 0 N–H and O–H groups in total. The van der Waals surface area contributed by atoms with Crippen LogP contribution in [0.1, 0.15) is 0 Å². The SMILES string of the molecule is c1ccc(-c2ccc3oc4c(-c5cc(-c6ccccc6)nc(-c6ccccc6)n5)c5oc6ccc(-c7ccccc7)cc6c5cc4c3c2)cc1. The van der Waals surface area contributed by atoms with Gasteiger partial charge in [0.05, 0.1) is 17.0 Å². The average molecular weight is 641 g/mol. The van der Waals surface area contributed by atoms with Crippen LogP contribution in [0.2, 0.25) is 0 Å². The van der Waals surface area contributed by atoms with Gasteiger partial charge in [0.25, 0.3) is 0 Å². The maximum absolute atomic E-state index is 6.80. The molecule has 0 unspecified atom stereocenters. The van der Waals surface area contributed by atoms with Crippen molar-refractivity contribution < 1.29 is 8.83 Å². The normalized spacial score (nSPS) is 11.6. The van der Waals surface area contributed by atoms with Crippen molar-refractivity contribution in [3.8, 4) is 56.2 Å². The Kier molecular flexibility index (Phi) is 6.46. The van der Waals surface area contributed by atoms with Crippen LogP contribution in [0.3, 0.4) is 0 Å². The first-order valence-corrected chi connectivity index (χ1v) is 16.7. The molecule has 4 nitrogen and oxygen atoms in total. The van der Waals surface area contributed by atoms with Gasteiger partial charge in [-0.05, 0) is 58.7 Å². The smallest absolute Gasteiger partial charge is 0.160 e. The summed E-state index contributed by atoms with van der Waals surface area (Å²) in [5, 5.41) is 4.10. The third-order valence-corrected chi connectivity index (χ3v) is 9.49. The molecule has 0 aliphatic carbocycles. The predicted octanol–water partition coefficient (Wildman–Crippen LogP) is 12.6. The molecule has 0 fully saturated rings. The molecule has 3 aromatic heterocycles. The van der Waals surface area contributed by atoms with Crippen molar-refractivity contribution >= 4 is 43.9 Å². The van der Waals surface area contributed by atoms with Crippen LogP contribution in [-0.4, -0.2) is 9.97 Å². The fraction of sp³-hybridized carbons (Fsp3) is 0. The first-order chi connectivity index (χ1) is 24.8. The molecule has 0 radical (unpaired) electrons. The van der Waals surface area contributed by atoms with Crippen molar-refractivity contribution in [1.29, 1.82) is 0 Å². The van der Waals surface area contributed by atoms with Gasteiger partial charge in [0.1, 0.15) is 22.3 Å². The minimum absolute atomic E-state index is 0.636. The van der Waals surface area contributed by atoms with Crippen molar-refractivity contribution in [2.75, 3.05) is 0 Å². The second-order valence-corrected chi connectivity index (χ2v) is 12.6. The van der Waals surface area contributed by atoms with Gasteiger partial charge in [0.2, 0.25) is 0 Å². The second-order valence-electron chi connectivity index (χ2n) is 12.6. The highest BCUT2D eigenvalue weighted by molar-refractivity contribution is 6.22. The van der Waals surface area contributed by atoms with E-state index in [1.165, 1.54) is 0 Å². The molecule has 50 heavy (non-hydrogen) atoms. The van der Waals surface area contributed by atoms with E-state index in [1.54, 1.807) is 0 Å². The summed E-state index contributed by atoms with van der Waals surface area (Å²) in [5.41, 5.74) is 12.0. The maximum atomic E-state index is 6.80. The van der Waals surface area contributed by atoms with Gasteiger partial charge in [0.15, 0.2) is 5.82 Å². The molecule has 0 bridgehead atoms. The summed E-state index contributed by atoms with van der Waals surface area (Å²) in [4.78, 5) is 10.3. The summed E-state index contributed by atoms with van der Waals surface area (Å²) in [6.07, 6.45) is 0. The summed E-state index contributed by atoms with van der Waals surface area (Å²) < 4.78 is 13.6. The van der Waals surface area contributed by atoms with Crippen molar-refractivity contribution in [2.24, 2.45) is 0 Å². The Hall–Kier alpha value is -6.78. The predicted molar refractivity (Wildman–Crippen MR) is 204 cm³/mol. The Morgan fingerprint density at radius 1 is 0.320 bits per heavy atom. The molecule has 0 aliphatic heterocycles. The van der Waals surface area contributed by atoms with E-state index in [2.05, 4.69) is 109 Å². The quantitative estimate of drug-likeness (QED) is 0.188. The van der Waals surface area contributed by atoms with Gasteiger partial charge in [-0.2, -0.15) is 0 Å². The molecule has 10 rings (SSSR count). The number of fused-ring (bicyclic) bond motifs is 6. The lowest BCUT2D eigenvalue weighted by molar-refractivity contribution is 0.658. The van der Waals surface area contributed by atoms with E-state index in [0.717, 1.165) is 94.2 Å². The van der Waals surface area contributed by atoms with Crippen molar-refractivity contribution in [1.82, 2.24) is 9.97 Å². The number of hydrogen-bond donors (Lipinski definition) is 0. The summed E-state index contributed by atoms with van der Waals surface area (Å²) in [6, 6.07) is 58.4. The van der Waals surface area contributed by atoms with E-state index < -0.39 is 0 Å². The van der Waals surface area contributed by atoms with Gasteiger partial charge in [-0.15, -0.1) is 0 Å². The topological polar surface area (TPSA) is 52.1 Å². The van der Waals surface area contributed by atoms with Gasteiger partial charge in [0, 0.05) is 32.7 Å². The molecule has 0 aliphatic rings. The minimum Gasteiger partial charge on any atom is -0.455 e. The van der Waals surface area contributed by atoms with E-state index in [4.69, 9.17) is 18.8 Å². The molecule has 0 spiro atoms. The first kappa shape index (κ1) is 28.3. The van der Waals surface area contributed by atoms with Crippen LogP contribution < -0.4 is 0 Å². The van der Waals surface area contributed by atoms with Gasteiger partial charge in [-0.25, -0.2) is 9.97 Å². The molecule has 3 heterocycles. The lowest BCUT2D eigenvalue weighted by Gasteiger charge is -2.10. The zero-order valence-electron chi connectivity index (χ0n) is 26.9. The second kappa shape index (κ2) is 11.4. The van der Waals surface area contributed by atoms with Gasteiger partial charge >= 0.3 is 0 Å². The standard InChI is InChI=1S/C46H28N2O2/c1-5-13-29(14-6-1)33-21-23-41-35(25-33)37-27-38-36-26-34(30-15-7-2-8-16-30)22-24-42(36)50-45(38)43(44(37)49-41)40-28-39(31-17-9-3-10-18-31)47-46(48-40)32-19-11-4-12-20-32/h1-28H. The highest BCUT2D eigenvalue weighted by atomic mass is 16.3. The average Bonchev–Trinajstić information content (AvgIpc) is 3.75. The van der Waals surface area contributed by atoms with Crippen LogP contribution >= 0.6 is 0 Å². The molecule has 7 aromatic carbocycles. The highest BCUT2D eigenvalue weighted by Crippen LogP contribution is 2.46. The van der Waals surface area contributed by atoms with Crippen molar-refractivity contribution in [3.63, 3.8) is 0 Å². The molecule has 10 aromatic rings. The number of aromatic nitrogens is 2. The molecule has 234 valence electrons. The Balaban J connectivity index is 1.32. The Morgan fingerprint density at radius 3 is 1.26 bits per heavy atom. The Labute approximate surface area is 287 Å². The first-order valence-electron chi connectivity index (χ1n) is 16.7. The number of benzene rings is 7. The summed E-state index contributed by atoms with van der Waals surface area (Å²) in [6.45, 7) is 0. The van der Waals surface area contributed by atoms with Crippen LogP contribution in [0.25, 0.3) is 100 Å². The fourth-order valence-electron chi connectivity index (χ4n) is 7.04. The summed E-state index contributed by atoms with van der Waals surface area (Å²) in [5.74, 6) is 0.636. The molecule has 0 amide bonds. The van der Waals surface area contributed by atoms with E-state index >= 15 is 0 Å². The zero-order chi connectivity index (χ0) is 33.0. The minimum atomic E-state index is 0.636. The molecular weight excluding hydrogens is 613 g/mol. The summed E-state index contributed by atoms with van der Waals surface area (Å²) >= 11 is 0. The van der Waals surface area contributed by atoms with Crippen LogP contribution in [0.15, 0.2) is 179 Å². The van der Waals surface area contributed by atoms with E-state index in [9.17, 15) is 0 Å². The summed E-state index contributed by atoms with van der Waals surface area (Å²) in [7, 11) is 0. The van der Waals surface area contributed by atoms with Crippen LogP contribution in [0.5, 0.6) is 0 Å². The monoisotopic (exact) mass is 640 g/mol. The molecule has 0 atom stereocenters. The van der Waals surface area contributed by atoms with Gasteiger partial charge < -0.3 is 8.83 Å². The number of furan rings is 2. The van der Waals surface area contributed by atoms with E-state index in [1.807, 2.05) is 60.7 Å². The maximum Gasteiger partial charge on any atom is 0.160 e.